The number of nitro benzene ring substituents is 1. The summed E-state index contributed by atoms with van der Waals surface area (Å²) in [6.45, 7) is 3.35. The Hall–Kier alpha value is -2.97. The normalized spacial score (nSPS) is 11.3. The van der Waals surface area contributed by atoms with Crippen LogP contribution in [0.4, 0.5) is 20.6 Å². The molecule has 0 aromatic heterocycles. The lowest BCUT2D eigenvalue weighted by Crippen LogP contribution is -2.42. The molecule has 21 heavy (non-hydrogen) atoms. The van der Waals surface area contributed by atoms with Crippen molar-refractivity contribution in [3.63, 3.8) is 0 Å². The first-order valence-electron chi connectivity index (χ1n) is 5.70. The predicted octanol–water partition coefficient (Wildman–Crippen LogP) is 1.88. The van der Waals surface area contributed by atoms with Crippen LogP contribution in [-0.4, -0.2) is 28.1 Å². The molecule has 1 atom stereocenters. The van der Waals surface area contributed by atoms with Gasteiger partial charge in [0.2, 0.25) is 0 Å². The summed E-state index contributed by atoms with van der Waals surface area (Å²) in [5.41, 5.74) is -0.836. The minimum absolute atomic E-state index is 0.0276. The lowest BCUT2D eigenvalue weighted by atomic mass is 10.2. The van der Waals surface area contributed by atoms with E-state index in [-0.39, 0.29) is 6.42 Å². The molecular formula is C12H12FN3O5. The molecule has 9 heteroatoms. The predicted molar refractivity (Wildman–Crippen MR) is 71.4 cm³/mol. The number of carboxylic acids is 1. The number of benzene rings is 1. The van der Waals surface area contributed by atoms with Crippen LogP contribution in [-0.2, 0) is 4.79 Å². The Bertz CT molecular complexity index is 590. The van der Waals surface area contributed by atoms with E-state index in [1.165, 1.54) is 6.08 Å². The van der Waals surface area contributed by atoms with Gasteiger partial charge in [-0.15, -0.1) is 6.58 Å². The Morgan fingerprint density at radius 1 is 1.52 bits per heavy atom. The molecule has 0 aliphatic heterocycles. The number of anilines is 1. The van der Waals surface area contributed by atoms with Gasteiger partial charge in [-0.3, -0.25) is 10.1 Å². The number of nitrogens with zero attached hydrogens (tertiary/aromatic N) is 1. The molecule has 0 heterocycles. The van der Waals surface area contributed by atoms with Crippen LogP contribution in [0.5, 0.6) is 0 Å². The molecule has 112 valence electrons. The summed E-state index contributed by atoms with van der Waals surface area (Å²) in [7, 11) is 0. The fraction of sp³-hybridized carbons (Fsp3) is 0.167. The lowest BCUT2D eigenvalue weighted by Gasteiger charge is -2.13. The number of hydrogen-bond donors (Lipinski definition) is 3. The molecule has 0 fully saturated rings. The number of urea groups is 1. The van der Waals surface area contributed by atoms with Gasteiger partial charge in [0.25, 0.3) is 5.69 Å². The number of non-ortho nitro benzene ring substituents is 1. The number of carbonyl (C=O) groups excluding carboxylic acids is 1. The highest BCUT2D eigenvalue weighted by molar-refractivity contribution is 5.92. The summed E-state index contributed by atoms with van der Waals surface area (Å²) in [6, 6.07) is 0.369. The largest absolute Gasteiger partial charge is 0.480 e. The standard InChI is InChI=1S/C12H12FN3O5/c1-2-3-9(11(17)18)14-12(19)15-10-6-7(16(20)21)4-5-8(10)13/h2,4-6,9H,1,3H2,(H,17,18)(H2,14,15,19). The van der Waals surface area contributed by atoms with Gasteiger partial charge < -0.3 is 15.7 Å². The van der Waals surface area contributed by atoms with Crippen molar-refractivity contribution < 1.29 is 24.0 Å². The molecule has 0 saturated carbocycles. The van der Waals surface area contributed by atoms with E-state index in [2.05, 4.69) is 11.9 Å². The van der Waals surface area contributed by atoms with Crippen molar-refractivity contribution >= 4 is 23.4 Å². The van der Waals surface area contributed by atoms with Crippen molar-refractivity contribution in [1.29, 1.82) is 0 Å². The van der Waals surface area contributed by atoms with Crippen LogP contribution in [0.3, 0.4) is 0 Å². The molecule has 3 N–H and O–H groups in total. The number of rotatable bonds is 6. The summed E-state index contributed by atoms with van der Waals surface area (Å²) in [4.78, 5) is 32.2. The van der Waals surface area contributed by atoms with Crippen LogP contribution in [0.25, 0.3) is 0 Å². The molecule has 1 aromatic rings. The minimum atomic E-state index is -1.29. The summed E-state index contributed by atoms with van der Waals surface area (Å²) >= 11 is 0. The average molecular weight is 297 g/mol. The monoisotopic (exact) mass is 297 g/mol. The van der Waals surface area contributed by atoms with Gasteiger partial charge in [0.1, 0.15) is 11.9 Å². The third-order valence-corrected chi connectivity index (χ3v) is 2.41. The quantitative estimate of drug-likeness (QED) is 0.420. The van der Waals surface area contributed by atoms with E-state index in [9.17, 15) is 24.1 Å². The molecule has 8 nitrogen and oxygen atoms in total. The van der Waals surface area contributed by atoms with Gasteiger partial charge in [0, 0.05) is 12.1 Å². The molecule has 0 saturated heterocycles. The highest BCUT2D eigenvalue weighted by Gasteiger charge is 2.19. The fourth-order valence-electron chi connectivity index (χ4n) is 1.43. The first-order valence-corrected chi connectivity index (χ1v) is 5.70. The van der Waals surface area contributed by atoms with Gasteiger partial charge in [-0.25, -0.2) is 14.0 Å². The average Bonchev–Trinajstić information content (AvgIpc) is 2.40. The van der Waals surface area contributed by atoms with Crippen molar-refractivity contribution in [2.45, 2.75) is 12.5 Å². The Morgan fingerprint density at radius 3 is 2.71 bits per heavy atom. The van der Waals surface area contributed by atoms with E-state index < -0.39 is 40.2 Å². The van der Waals surface area contributed by atoms with Crippen LogP contribution in [0.1, 0.15) is 6.42 Å². The molecule has 2 amide bonds. The molecule has 0 bridgehead atoms. The fourth-order valence-corrected chi connectivity index (χ4v) is 1.43. The third-order valence-electron chi connectivity index (χ3n) is 2.41. The number of carboxylic acid groups (broad SMARTS) is 1. The van der Waals surface area contributed by atoms with E-state index in [1.807, 2.05) is 5.32 Å². The zero-order valence-electron chi connectivity index (χ0n) is 10.7. The van der Waals surface area contributed by atoms with Crippen molar-refractivity contribution in [1.82, 2.24) is 5.32 Å². The Labute approximate surface area is 118 Å². The SMILES string of the molecule is C=CCC(NC(=O)Nc1cc([N+](=O)[O-])ccc1F)C(=O)O. The summed E-state index contributed by atoms with van der Waals surface area (Å²) < 4.78 is 13.4. The second kappa shape index (κ2) is 6.98. The van der Waals surface area contributed by atoms with Crippen molar-refractivity contribution in [2.75, 3.05) is 5.32 Å². The number of nitrogens with one attached hydrogen (secondary N) is 2. The Balaban J connectivity index is 2.82. The zero-order valence-corrected chi connectivity index (χ0v) is 10.7. The van der Waals surface area contributed by atoms with E-state index in [0.29, 0.717) is 0 Å². The van der Waals surface area contributed by atoms with Gasteiger partial charge in [-0.1, -0.05) is 6.08 Å². The molecule has 1 rings (SSSR count). The Morgan fingerprint density at radius 2 is 2.19 bits per heavy atom. The summed E-state index contributed by atoms with van der Waals surface area (Å²) in [5, 5.41) is 23.5. The molecule has 0 aliphatic carbocycles. The number of hydrogen-bond acceptors (Lipinski definition) is 4. The van der Waals surface area contributed by atoms with Gasteiger partial charge in [0.05, 0.1) is 10.6 Å². The molecule has 0 spiro atoms. The summed E-state index contributed by atoms with van der Waals surface area (Å²) in [5.74, 6) is -2.17. The molecule has 1 unspecified atom stereocenters. The smallest absolute Gasteiger partial charge is 0.326 e. The lowest BCUT2D eigenvalue weighted by molar-refractivity contribution is -0.384. The maximum absolute atomic E-state index is 13.4. The van der Waals surface area contributed by atoms with Crippen LogP contribution in [0.15, 0.2) is 30.9 Å². The zero-order chi connectivity index (χ0) is 16.0. The van der Waals surface area contributed by atoms with Crippen LogP contribution in [0, 0.1) is 15.9 Å². The highest BCUT2D eigenvalue weighted by Crippen LogP contribution is 2.21. The van der Waals surface area contributed by atoms with Gasteiger partial charge in [0.15, 0.2) is 0 Å². The summed E-state index contributed by atoms with van der Waals surface area (Å²) in [6.07, 6.45) is 1.27. The maximum Gasteiger partial charge on any atom is 0.326 e. The van der Waals surface area contributed by atoms with E-state index in [1.54, 1.807) is 0 Å². The molecule has 0 aliphatic rings. The van der Waals surface area contributed by atoms with Crippen molar-refractivity contribution in [3.8, 4) is 0 Å². The second-order valence-corrected chi connectivity index (χ2v) is 3.93. The minimum Gasteiger partial charge on any atom is -0.480 e. The topological polar surface area (TPSA) is 122 Å². The van der Waals surface area contributed by atoms with E-state index in [4.69, 9.17) is 5.11 Å². The first kappa shape index (κ1) is 16.1. The van der Waals surface area contributed by atoms with Crippen molar-refractivity contribution in [2.24, 2.45) is 0 Å². The van der Waals surface area contributed by atoms with Gasteiger partial charge in [-0.2, -0.15) is 0 Å². The first-order chi connectivity index (χ1) is 9.85. The number of amides is 2. The van der Waals surface area contributed by atoms with Crippen LogP contribution >= 0.6 is 0 Å². The number of nitro groups is 1. The molecular weight excluding hydrogens is 285 g/mol. The molecule has 0 radical (unpaired) electrons. The van der Waals surface area contributed by atoms with Gasteiger partial charge >= 0.3 is 12.0 Å². The van der Waals surface area contributed by atoms with E-state index in [0.717, 1.165) is 18.2 Å². The number of carbonyl (C=O) groups is 2. The maximum atomic E-state index is 13.4. The van der Waals surface area contributed by atoms with Crippen molar-refractivity contribution in [3.05, 3.63) is 46.8 Å². The third kappa shape index (κ3) is 4.56. The number of halogens is 1. The van der Waals surface area contributed by atoms with Crippen LogP contribution in [0.2, 0.25) is 0 Å². The highest BCUT2D eigenvalue weighted by atomic mass is 19.1. The van der Waals surface area contributed by atoms with E-state index >= 15 is 0 Å². The van der Waals surface area contributed by atoms with Crippen LogP contribution < -0.4 is 10.6 Å². The Kier molecular flexibility index (Phi) is 5.35. The van der Waals surface area contributed by atoms with Gasteiger partial charge in [-0.05, 0) is 12.5 Å². The number of aliphatic carboxylic acids is 1. The molecule has 1 aromatic carbocycles. The second-order valence-electron chi connectivity index (χ2n) is 3.93.